The minimum absolute atomic E-state index is 0.0536. The van der Waals surface area contributed by atoms with Gasteiger partial charge in [0.05, 0.1) is 27.3 Å². The molecule has 0 atom stereocenters. The average molecular weight is 578 g/mol. The number of carboxylic acid groups (broad SMARTS) is 1. The fourth-order valence-corrected chi connectivity index (χ4v) is 5.26. The summed E-state index contributed by atoms with van der Waals surface area (Å²) in [5.74, 6) is -3.75. The zero-order chi connectivity index (χ0) is 28.0. The van der Waals surface area contributed by atoms with Crippen LogP contribution in [0.15, 0.2) is 70.6 Å². The van der Waals surface area contributed by atoms with Crippen LogP contribution in [0.4, 0.5) is 26.3 Å². The second kappa shape index (κ2) is 9.55. The van der Waals surface area contributed by atoms with E-state index >= 15 is 0 Å². The van der Waals surface area contributed by atoms with Crippen LogP contribution in [0.25, 0.3) is 10.9 Å². The third kappa shape index (κ3) is 5.43. The standard InChI is InChI=1S/C24H14ClF6NO5S/c25-13-1-4-15(5-2-13)38(35,36)20-11-32-19-6-3-14(10-16(19)20)37-22-17(23(26,27)28)7-12(9-21(33)34)8-18(22)24(29,30)31/h1-8,10-11,32H,9H2,(H,33,34). The molecule has 0 bridgehead atoms. The highest BCUT2D eigenvalue weighted by Crippen LogP contribution is 2.47. The third-order valence-corrected chi connectivity index (χ3v) is 7.43. The second-order valence-corrected chi connectivity index (χ2v) is 10.4. The van der Waals surface area contributed by atoms with Crippen molar-refractivity contribution in [1.82, 2.24) is 4.98 Å². The lowest BCUT2D eigenvalue weighted by molar-refractivity contribution is -0.145. The first kappa shape index (κ1) is 27.3. The number of aromatic nitrogens is 1. The number of fused-ring (bicyclic) bond motifs is 1. The molecule has 1 heterocycles. The maximum Gasteiger partial charge on any atom is 0.420 e. The summed E-state index contributed by atoms with van der Waals surface area (Å²) in [6, 6.07) is 8.95. The Morgan fingerprint density at radius 2 is 1.50 bits per heavy atom. The molecule has 2 N–H and O–H groups in total. The summed E-state index contributed by atoms with van der Waals surface area (Å²) < 4.78 is 114. The van der Waals surface area contributed by atoms with Gasteiger partial charge in [0.15, 0.2) is 5.75 Å². The van der Waals surface area contributed by atoms with E-state index in [0.29, 0.717) is 0 Å². The van der Waals surface area contributed by atoms with Crippen molar-refractivity contribution in [1.29, 1.82) is 0 Å². The molecule has 0 saturated carbocycles. The molecule has 4 rings (SSSR count). The lowest BCUT2D eigenvalue weighted by Crippen LogP contribution is -2.16. The van der Waals surface area contributed by atoms with Gasteiger partial charge in [-0.2, -0.15) is 26.3 Å². The molecule has 0 fully saturated rings. The Hall–Kier alpha value is -3.71. The van der Waals surface area contributed by atoms with E-state index in [2.05, 4.69) is 4.98 Å². The lowest BCUT2D eigenvalue weighted by Gasteiger charge is -2.20. The summed E-state index contributed by atoms with van der Waals surface area (Å²) in [6.07, 6.45) is -10.6. The topological polar surface area (TPSA) is 96.5 Å². The van der Waals surface area contributed by atoms with Gasteiger partial charge in [-0.05, 0) is 60.2 Å². The minimum Gasteiger partial charge on any atom is -0.481 e. The summed E-state index contributed by atoms with van der Waals surface area (Å²) in [5, 5.41) is 9.09. The molecular weight excluding hydrogens is 564 g/mol. The van der Waals surface area contributed by atoms with E-state index in [-0.39, 0.29) is 37.8 Å². The molecule has 200 valence electrons. The number of nitrogens with one attached hydrogen (secondary N) is 1. The van der Waals surface area contributed by atoms with Crippen molar-refractivity contribution in [3.63, 3.8) is 0 Å². The molecule has 3 aromatic carbocycles. The Balaban J connectivity index is 1.87. The van der Waals surface area contributed by atoms with Gasteiger partial charge in [0.25, 0.3) is 0 Å². The average Bonchev–Trinajstić information content (AvgIpc) is 3.22. The van der Waals surface area contributed by atoms with E-state index in [4.69, 9.17) is 21.4 Å². The molecule has 0 saturated heterocycles. The van der Waals surface area contributed by atoms with Gasteiger partial charge in [-0.15, -0.1) is 0 Å². The zero-order valence-corrected chi connectivity index (χ0v) is 20.2. The van der Waals surface area contributed by atoms with Crippen molar-refractivity contribution in [2.24, 2.45) is 0 Å². The Bertz CT molecular complexity index is 1610. The number of hydrogen-bond acceptors (Lipinski definition) is 4. The van der Waals surface area contributed by atoms with Crippen LogP contribution >= 0.6 is 11.6 Å². The SMILES string of the molecule is O=C(O)Cc1cc(C(F)(F)F)c(Oc2ccc3[nH]cc(S(=O)(=O)c4ccc(Cl)cc4)c3c2)c(C(F)(F)F)c1. The molecular formula is C24H14ClF6NO5S. The van der Waals surface area contributed by atoms with Gasteiger partial charge in [-0.1, -0.05) is 11.6 Å². The molecule has 0 radical (unpaired) electrons. The number of rotatable bonds is 6. The van der Waals surface area contributed by atoms with Crippen molar-refractivity contribution in [2.45, 2.75) is 28.6 Å². The molecule has 6 nitrogen and oxygen atoms in total. The molecule has 1 aromatic heterocycles. The molecule has 0 amide bonds. The van der Waals surface area contributed by atoms with Crippen LogP contribution in [0.1, 0.15) is 16.7 Å². The maximum atomic E-state index is 13.8. The van der Waals surface area contributed by atoms with Crippen LogP contribution in [-0.4, -0.2) is 24.5 Å². The van der Waals surface area contributed by atoms with E-state index in [0.717, 1.165) is 18.3 Å². The third-order valence-electron chi connectivity index (χ3n) is 5.36. The number of hydrogen-bond donors (Lipinski definition) is 2. The molecule has 38 heavy (non-hydrogen) atoms. The Morgan fingerprint density at radius 1 is 0.921 bits per heavy atom. The van der Waals surface area contributed by atoms with Gasteiger partial charge in [-0.3, -0.25) is 4.79 Å². The number of aromatic amines is 1. The predicted octanol–water partition coefficient (Wildman–Crippen LogP) is 7.11. The lowest BCUT2D eigenvalue weighted by atomic mass is 10.0. The summed E-state index contributed by atoms with van der Waals surface area (Å²) >= 11 is 5.80. The maximum absolute atomic E-state index is 13.8. The van der Waals surface area contributed by atoms with Crippen LogP contribution in [0, 0.1) is 0 Å². The van der Waals surface area contributed by atoms with Crippen molar-refractivity contribution < 1.29 is 49.4 Å². The number of sulfone groups is 1. The van der Waals surface area contributed by atoms with Crippen molar-refractivity contribution in [2.75, 3.05) is 0 Å². The molecule has 0 unspecified atom stereocenters. The van der Waals surface area contributed by atoms with Gasteiger partial charge in [0, 0.05) is 22.1 Å². The highest BCUT2D eigenvalue weighted by Gasteiger charge is 2.43. The van der Waals surface area contributed by atoms with Gasteiger partial charge in [0.1, 0.15) is 5.75 Å². The molecule has 14 heteroatoms. The number of benzene rings is 3. The molecule has 0 aliphatic heterocycles. The first-order valence-corrected chi connectivity index (χ1v) is 12.3. The van der Waals surface area contributed by atoms with Crippen molar-refractivity contribution in [3.8, 4) is 11.5 Å². The predicted molar refractivity (Wildman–Crippen MR) is 123 cm³/mol. The summed E-state index contributed by atoms with van der Waals surface area (Å²) in [4.78, 5) is 13.2. The number of carbonyl (C=O) groups is 1. The number of aliphatic carboxylic acids is 1. The molecule has 0 aliphatic rings. The van der Waals surface area contributed by atoms with Crippen LogP contribution in [0.3, 0.4) is 0 Å². The van der Waals surface area contributed by atoms with Gasteiger partial charge in [-0.25, -0.2) is 8.42 Å². The quantitative estimate of drug-likeness (QED) is 0.238. The highest BCUT2D eigenvalue weighted by molar-refractivity contribution is 7.91. The van der Waals surface area contributed by atoms with Crippen LogP contribution in [0.2, 0.25) is 5.02 Å². The van der Waals surface area contributed by atoms with Gasteiger partial charge in [0.2, 0.25) is 9.84 Å². The normalized spacial score (nSPS) is 12.6. The summed E-state index contributed by atoms with van der Waals surface area (Å²) in [7, 11) is -4.17. The van der Waals surface area contributed by atoms with E-state index in [1.165, 1.54) is 30.3 Å². The van der Waals surface area contributed by atoms with Crippen LogP contribution in [0.5, 0.6) is 11.5 Å². The Labute approximate surface area is 215 Å². The van der Waals surface area contributed by atoms with Crippen molar-refractivity contribution >= 4 is 38.3 Å². The fourth-order valence-electron chi connectivity index (χ4n) is 3.71. The van der Waals surface area contributed by atoms with E-state index in [9.17, 15) is 39.6 Å². The first-order chi connectivity index (χ1) is 17.6. The fraction of sp³-hybridized carbons (Fsp3) is 0.125. The number of H-pyrrole nitrogens is 1. The number of alkyl halides is 6. The number of carboxylic acids is 1. The Morgan fingerprint density at radius 3 is 2.03 bits per heavy atom. The zero-order valence-electron chi connectivity index (χ0n) is 18.6. The largest absolute Gasteiger partial charge is 0.481 e. The monoisotopic (exact) mass is 577 g/mol. The highest BCUT2D eigenvalue weighted by atomic mass is 35.5. The van der Waals surface area contributed by atoms with E-state index in [1.807, 2.05) is 0 Å². The molecule has 4 aromatic rings. The van der Waals surface area contributed by atoms with Crippen LogP contribution < -0.4 is 4.74 Å². The molecule has 0 aliphatic carbocycles. The first-order valence-electron chi connectivity index (χ1n) is 10.4. The smallest absolute Gasteiger partial charge is 0.420 e. The van der Waals surface area contributed by atoms with E-state index < -0.39 is 62.8 Å². The Kier molecular flexibility index (Phi) is 6.87. The summed E-state index contributed by atoms with van der Waals surface area (Å²) in [5.41, 5.74) is -4.20. The molecule has 0 spiro atoms. The van der Waals surface area contributed by atoms with E-state index in [1.54, 1.807) is 0 Å². The second-order valence-electron chi connectivity index (χ2n) is 8.01. The van der Waals surface area contributed by atoms with Crippen molar-refractivity contribution in [3.05, 3.63) is 82.5 Å². The van der Waals surface area contributed by atoms with Gasteiger partial charge >= 0.3 is 18.3 Å². The van der Waals surface area contributed by atoms with Gasteiger partial charge < -0.3 is 14.8 Å². The summed E-state index contributed by atoms with van der Waals surface area (Å²) in [6.45, 7) is 0. The minimum atomic E-state index is -5.34. The van der Waals surface area contributed by atoms with Crippen LogP contribution in [-0.2, 0) is 33.4 Å². The number of ether oxygens (including phenoxy) is 1. The number of halogens is 7.